The summed E-state index contributed by atoms with van der Waals surface area (Å²) in [6.45, 7) is 2.53. The second-order valence-corrected chi connectivity index (χ2v) is 6.46. The highest BCUT2D eigenvalue weighted by Gasteiger charge is 2.21. The van der Waals surface area contributed by atoms with Gasteiger partial charge in [-0.05, 0) is 44.6 Å². The molecule has 0 unspecified atom stereocenters. The maximum Gasteiger partial charge on any atom is 0.317 e. The fourth-order valence-corrected chi connectivity index (χ4v) is 3.05. The van der Waals surface area contributed by atoms with Crippen LogP contribution in [0.4, 0.5) is 4.79 Å². The van der Waals surface area contributed by atoms with E-state index in [1.54, 1.807) is 22.5 Å². The third-order valence-corrected chi connectivity index (χ3v) is 4.84. The summed E-state index contributed by atoms with van der Waals surface area (Å²) in [5.74, 6) is 0.847. The van der Waals surface area contributed by atoms with Gasteiger partial charge in [-0.25, -0.2) is 4.79 Å². The van der Waals surface area contributed by atoms with Crippen LogP contribution in [0.5, 0.6) is 0 Å². The summed E-state index contributed by atoms with van der Waals surface area (Å²) in [6, 6.07) is 7.82. The van der Waals surface area contributed by atoms with Crippen molar-refractivity contribution >= 4 is 17.4 Å². The lowest BCUT2D eigenvalue weighted by Crippen LogP contribution is -2.42. The zero-order chi connectivity index (χ0) is 16.1. The highest BCUT2D eigenvalue weighted by Crippen LogP contribution is 2.23. The quantitative estimate of drug-likeness (QED) is 0.887. The molecule has 0 spiro atoms. The van der Waals surface area contributed by atoms with Crippen molar-refractivity contribution in [1.29, 1.82) is 0 Å². The molecule has 1 N–H and O–H groups in total. The Morgan fingerprint density at radius 3 is 2.64 bits per heavy atom. The standard InChI is InChI=1S/C16H23N3O2S/c1-12(15-8-6-10-22-15)19(4)16(20)17-11-13(18(2)3)14-7-5-9-21-14/h5-10,12-13H,11H2,1-4H3,(H,17,20)/t12-,13+/m0/s1. The molecule has 0 bridgehead atoms. The molecule has 0 fully saturated rings. The van der Waals surface area contributed by atoms with Gasteiger partial charge in [-0.3, -0.25) is 4.90 Å². The number of rotatable bonds is 6. The molecular weight excluding hydrogens is 298 g/mol. The molecule has 22 heavy (non-hydrogen) atoms. The van der Waals surface area contributed by atoms with E-state index in [9.17, 15) is 4.79 Å². The zero-order valence-corrected chi connectivity index (χ0v) is 14.3. The van der Waals surface area contributed by atoms with Gasteiger partial charge < -0.3 is 14.6 Å². The lowest BCUT2D eigenvalue weighted by atomic mass is 10.2. The van der Waals surface area contributed by atoms with Crippen LogP contribution < -0.4 is 5.32 Å². The van der Waals surface area contributed by atoms with Crippen LogP contribution in [0.15, 0.2) is 40.3 Å². The largest absolute Gasteiger partial charge is 0.468 e. The molecule has 0 aromatic carbocycles. The molecule has 0 aliphatic carbocycles. The van der Waals surface area contributed by atoms with Crippen LogP contribution in [0, 0.1) is 0 Å². The Kier molecular flexibility index (Phi) is 5.63. The summed E-state index contributed by atoms with van der Waals surface area (Å²) in [6.07, 6.45) is 1.65. The first kappa shape index (κ1) is 16.6. The predicted molar refractivity (Wildman–Crippen MR) is 89.0 cm³/mol. The van der Waals surface area contributed by atoms with Crippen molar-refractivity contribution in [2.24, 2.45) is 0 Å². The maximum atomic E-state index is 12.3. The van der Waals surface area contributed by atoms with Crippen LogP contribution >= 0.6 is 11.3 Å². The molecule has 2 amide bonds. The lowest BCUT2D eigenvalue weighted by Gasteiger charge is -2.27. The minimum atomic E-state index is -0.0840. The van der Waals surface area contributed by atoms with E-state index in [1.807, 2.05) is 62.6 Å². The van der Waals surface area contributed by atoms with Crippen LogP contribution in [-0.4, -0.2) is 43.5 Å². The zero-order valence-electron chi connectivity index (χ0n) is 13.4. The normalized spacial score (nSPS) is 13.9. The number of hydrogen-bond acceptors (Lipinski definition) is 4. The summed E-state index contributed by atoms with van der Waals surface area (Å²) in [5.41, 5.74) is 0. The topological polar surface area (TPSA) is 48.7 Å². The highest BCUT2D eigenvalue weighted by atomic mass is 32.1. The van der Waals surface area contributed by atoms with Crippen molar-refractivity contribution in [3.05, 3.63) is 46.5 Å². The number of amides is 2. The van der Waals surface area contributed by atoms with Crippen molar-refractivity contribution in [2.75, 3.05) is 27.7 Å². The predicted octanol–water partition coefficient (Wildman–Crippen LogP) is 3.35. The van der Waals surface area contributed by atoms with Crippen molar-refractivity contribution in [3.63, 3.8) is 0 Å². The first-order valence-corrected chi connectivity index (χ1v) is 8.12. The number of hydrogen-bond donors (Lipinski definition) is 1. The molecule has 0 saturated carbocycles. The van der Waals surface area contributed by atoms with Gasteiger partial charge in [0, 0.05) is 18.5 Å². The van der Waals surface area contributed by atoms with Gasteiger partial charge in [-0.15, -0.1) is 11.3 Å². The second kappa shape index (κ2) is 7.47. The fourth-order valence-electron chi connectivity index (χ4n) is 2.22. The van der Waals surface area contributed by atoms with E-state index < -0.39 is 0 Å². The Bertz CT molecular complexity index is 566. The Morgan fingerprint density at radius 2 is 2.09 bits per heavy atom. The molecule has 2 aromatic heterocycles. The number of carbonyl (C=O) groups excluding carboxylic acids is 1. The first-order chi connectivity index (χ1) is 10.5. The van der Waals surface area contributed by atoms with Gasteiger partial charge in [0.1, 0.15) is 5.76 Å². The second-order valence-electron chi connectivity index (χ2n) is 5.48. The molecule has 0 saturated heterocycles. The van der Waals surface area contributed by atoms with Crippen molar-refractivity contribution in [2.45, 2.75) is 19.0 Å². The van der Waals surface area contributed by atoms with Gasteiger partial charge in [0.25, 0.3) is 0 Å². The number of urea groups is 1. The summed E-state index contributed by atoms with van der Waals surface area (Å²) < 4.78 is 5.45. The van der Waals surface area contributed by atoms with Crippen molar-refractivity contribution in [1.82, 2.24) is 15.1 Å². The molecular formula is C16H23N3O2S. The van der Waals surface area contributed by atoms with Gasteiger partial charge in [0.05, 0.1) is 18.3 Å². The number of likely N-dealkylation sites (N-methyl/N-ethyl adjacent to an activating group) is 1. The van der Waals surface area contributed by atoms with Crippen LogP contribution in [0.25, 0.3) is 0 Å². The van der Waals surface area contributed by atoms with Gasteiger partial charge in [-0.1, -0.05) is 6.07 Å². The van der Waals surface area contributed by atoms with Crippen LogP contribution in [0.2, 0.25) is 0 Å². The van der Waals surface area contributed by atoms with Gasteiger partial charge in [0.15, 0.2) is 0 Å². The van der Waals surface area contributed by atoms with E-state index in [0.717, 1.165) is 5.76 Å². The van der Waals surface area contributed by atoms with Gasteiger partial charge in [0.2, 0.25) is 0 Å². The lowest BCUT2D eigenvalue weighted by molar-refractivity contribution is 0.187. The van der Waals surface area contributed by atoms with Crippen LogP contribution in [0.3, 0.4) is 0 Å². The molecule has 6 heteroatoms. The first-order valence-electron chi connectivity index (χ1n) is 7.24. The molecule has 120 valence electrons. The number of carbonyl (C=O) groups is 1. The molecule has 0 aliphatic heterocycles. The van der Waals surface area contributed by atoms with Gasteiger partial charge >= 0.3 is 6.03 Å². The maximum absolute atomic E-state index is 12.3. The minimum Gasteiger partial charge on any atom is -0.468 e. The molecule has 2 heterocycles. The van der Waals surface area contributed by atoms with E-state index >= 15 is 0 Å². The third kappa shape index (κ3) is 3.90. The van der Waals surface area contributed by atoms with Crippen molar-refractivity contribution < 1.29 is 9.21 Å². The van der Waals surface area contributed by atoms with E-state index in [0.29, 0.717) is 6.54 Å². The molecule has 2 atom stereocenters. The Morgan fingerprint density at radius 1 is 1.32 bits per heavy atom. The fraction of sp³-hybridized carbons (Fsp3) is 0.438. The SMILES string of the molecule is C[C@@H](c1cccs1)N(C)C(=O)NC[C@H](c1ccco1)N(C)C. The smallest absolute Gasteiger partial charge is 0.317 e. The van der Waals surface area contributed by atoms with E-state index in [4.69, 9.17) is 4.42 Å². The van der Waals surface area contributed by atoms with Crippen LogP contribution in [0.1, 0.15) is 29.6 Å². The number of nitrogens with one attached hydrogen (secondary N) is 1. The number of thiophene rings is 1. The number of furan rings is 1. The highest BCUT2D eigenvalue weighted by molar-refractivity contribution is 7.10. The number of nitrogens with zero attached hydrogens (tertiary/aromatic N) is 2. The average Bonchev–Trinajstić information content (AvgIpc) is 3.18. The summed E-state index contributed by atoms with van der Waals surface area (Å²) in [5, 5.41) is 5.01. The summed E-state index contributed by atoms with van der Waals surface area (Å²) in [7, 11) is 5.76. The van der Waals surface area contributed by atoms with E-state index in [1.165, 1.54) is 4.88 Å². The molecule has 0 radical (unpaired) electrons. The minimum absolute atomic E-state index is 0.0180. The molecule has 2 aromatic rings. The monoisotopic (exact) mass is 321 g/mol. The molecule has 5 nitrogen and oxygen atoms in total. The molecule has 2 rings (SSSR count). The van der Waals surface area contributed by atoms with E-state index in [-0.39, 0.29) is 18.1 Å². The Labute approximate surface area is 135 Å². The Balaban J connectivity index is 1.93. The van der Waals surface area contributed by atoms with Crippen LogP contribution in [-0.2, 0) is 0 Å². The third-order valence-electron chi connectivity index (χ3n) is 3.80. The summed E-state index contributed by atoms with van der Waals surface area (Å²) in [4.78, 5) is 17.3. The Hall–Kier alpha value is -1.79. The summed E-state index contributed by atoms with van der Waals surface area (Å²) >= 11 is 1.66. The average molecular weight is 321 g/mol. The van der Waals surface area contributed by atoms with Gasteiger partial charge in [-0.2, -0.15) is 0 Å². The van der Waals surface area contributed by atoms with E-state index in [2.05, 4.69) is 5.32 Å². The molecule has 0 aliphatic rings. The van der Waals surface area contributed by atoms with Crippen molar-refractivity contribution in [3.8, 4) is 0 Å².